The predicted molar refractivity (Wildman–Crippen MR) is 79.7 cm³/mol. The summed E-state index contributed by atoms with van der Waals surface area (Å²) in [4.78, 5) is 26.9. The van der Waals surface area contributed by atoms with Crippen LogP contribution in [0, 0.1) is 6.92 Å². The Balaban J connectivity index is 1.96. The number of carbonyl (C=O) groups excluding carboxylic acids is 2. The van der Waals surface area contributed by atoms with Gasteiger partial charge in [-0.15, -0.1) is 11.3 Å². The normalized spacial score (nSPS) is 10.3. The molecular weight excluding hydrogens is 304 g/mol. The van der Waals surface area contributed by atoms with Gasteiger partial charge < -0.3 is 20.0 Å². The van der Waals surface area contributed by atoms with Crippen LogP contribution < -0.4 is 15.2 Å². The SMILES string of the molecule is COc1ccccc1CNC(=O)Cc1nc(C)c(C(=O)[O-])s1. The van der Waals surface area contributed by atoms with Gasteiger partial charge >= 0.3 is 0 Å². The van der Waals surface area contributed by atoms with Gasteiger partial charge in [-0.3, -0.25) is 4.79 Å². The minimum Gasteiger partial charge on any atom is -0.544 e. The molecule has 0 aliphatic heterocycles. The fourth-order valence-electron chi connectivity index (χ4n) is 1.96. The Morgan fingerprint density at radius 3 is 2.73 bits per heavy atom. The van der Waals surface area contributed by atoms with Gasteiger partial charge in [-0.25, -0.2) is 4.98 Å². The molecule has 0 bridgehead atoms. The summed E-state index contributed by atoms with van der Waals surface area (Å²) in [5.74, 6) is -0.799. The maximum atomic E-state index is 11.9. The Morgan fingerprint density at radius 1 is 1.36 bits per heavy atom. The summed E-state index contributed by atoms with van der Waals surface area (Å²) in [6.45, 7) is 1.92. The van der Waals surface area contributed by atoms with E-state index in [4.69, 9.17) is 4.74 Å². The second kappa shape index (κ2) is 7.04. The number of aryl methyl sites for hydroxylation is 1. The van der Waals surface area contributed by atoms with E-state index in [0.29, 0.717) is 23.0 Å². The van der Waals surface area contributed by atoms with Gasteiger partial charge in [0.05, 0.1) is 30.1 Å². The van der Waals surface area contributed by atoms with Crippen molar-refractivity contribution in [1.29, 1.82) is 0 Å². The molecule has 1 aromatic heterocycles. The van der Waals surface area contributed by atoms with Gasteiger partial charge in [-0.1, -0.05) is 18.2 Å². The number of aromatic nitrogens is 1. The summed E-state index contributed by atoms with van der Waals surface area (Å²) in [6, 6.07) is 7.39. The van der Waals surface area contributed by atoms with Crippen molar-refractivity contribution in [2.45, 2.75) is 19.9 Å². The van der Waals surface area contributed by atoms with E-state index >= 15 is 0 Å². The van der Waals surface area contributed by atoms with Gasteiger partial charge in [-0.05, 0) is 13.0 Å². The number of rotatable bonds is 6. The Kier molecular flexibility index (Phi) is 5.11. The molecule has 0 fully saturated rings. The number of carbonyl (C=O) groups is 2. The van der Waals surface area contributed by atoms with E-state index in [0.717, 1.165) is 16.9 Å². The van der Waals surface area contributed by atoms with E-state index < -0.39 is 5.97 Å². The fraction of sp³-hybridized carbons (Fsp3) is 0.267. The molecule has 0 saturated heterocycles. The van der Waals surface area contributed by atoms with Crippen molar-refractivity contribution in [2.75, 3.05) is 7.11 Å². The number of methoxy groups -OCH3 is 1. The average Bonchev–Trinajstić information content (AvgIpc) is 2.86. The van der Waals surface area contributed by atoms with Crippen molar-refractivity contribution in [2.24, 2.45) is 0 Å². The van der Waals surface area contributed by atoms with Crippen LogP contribution in [0.25, 0.3) is 0 Å². The average molecular weight is 319 g/mol. The van der Waals surface area contributed by atoms with Crippen molar-refractivity contribution >= 4 is 23.2 Å². The summed E-state index contributed by atoms with van der Waals surface area (Å²) < 4.78 is 5.21. The Hall–Kier alpha value is -2.41. The maximum Gasteiger partial charge on any atom is 0.227 e. The Bertz CT molecular complexity index is 697. The van der Waals surface area contributed by atoms with Crippen LogP contribution in [-0.4, -0.2) is 24.0 Å². The molecule has 1 heterocycles. The lowest BCUT2D eigenvalue weighted by atomic mass is 10.2. The number of aromatic carboxylic acids is 1. The summed E-state index contributed by atoms with van der Waals surface area (Å²) in [5, 5.41) is 14.1. The molecule has 116 valence electrons. The van der Waals surface area contributed by atoms with Crippen molar-refractivity contribution in [3.8, 4) is 5.75 Å². The quantitative estimate of drug-likeness (QED) is 0.845. The summed E-state index contributed by atoms with van der Waals surface area (Å²) in [5.41, 5.74) is 1.24. The molecule has 1 N–H and O–H groups in total. The van der Waals surface area contributed by atoms with E-state index in [2.05, 4.69) is 10.3 Å². The lowest BCUT2D eigenvalue weighted by molar-refractivity contribution is -0.254. The first-order valence-corrected chi connectivity index (χ1v) is 7.39. The molecule has 6 nitrogen and oxygen atoms in total. The summed E-state index contributed by atoms with van der Waals surface area (Å²) >= 11 is 0.967. The molecule has 1 aromatic carbocycles. The number of thiazole rings is 1. The van der Waals surface area contributed by atoms with Gasteiger partial charge in [0.1, 0.15) is 10.8 Å². The largest absolute Gasteiger partial charge is 0.544 e. The fourth-order valence-corrected chi connectivity index (χ4v) is 2.86. The van der Waals surface area contributed by atoms with Crippen LogP contribution >= 0.6 is 11.3 Å². The highest BCUT2D eigenvalue weighted by Gasteiger charge is 2.12. The third kappa shape index (κ3) is 3.82. The molecule has 2 aromatic rings. The number of carboxylic acids is 1. The molecule has 0 radical (unpaired) electrons. The molecule has 0 atom stereocenters. The van der Waals surface area contributed by atoms with Gasteiger partial charge in [0, 0.05) is 12.1 Å². The molecule has 1 amide bonds. The molecule has 0 aliphatic rings. The number of para-hydroxylation sites is 1. The van der Waals surface area contributed by atoms with Crippen LogP contribution in [0.4, 0.5) is 0 Å². The van der Waals surface area contributed by atoms with Gasteiger partial charge in [-0.2, -0.15) is 0 Å². The Morgan fingerprint density at radius 2 is 2.09 bits per heavy atom. The van der Waals surface area contributed by atoms with Crippen LogP contribution in [-0.2, 0) is 17.8 Å². The van der Waals surface area contributed by atoms with Gasteiger partial charge in [0.2, 0.25) is 5.91 Å². The molecule has 0 spiro atoms. The Labute approximate surface area is 131 Å². The number of benzene rings is 1. The zero-order chi connectivity index (χ0) is 16.1. The first kappa shape index (κ1) is 16.0. The van der Waals surface area contributed by atoms with E-state index in [-0.39, 0.29) is 17.2 Å². The minimum absolute atomic E-state index is 0.0357. The number of hydrogen-bond acceptors (Lipinski definition) is 6. The monoisotopic (exact) mass is 319 g/mol. The second-order valence-corrected chi connectivity index (χ2v) is 5.66. The third-order valence-electron chi connectivity index (χ3n) is 3.01. The molecule has 0 unspecified atom stereocenters. The molecule has 22 heavy (non-hydrogen) atoms. The highest BCUT2D eigenvalue weighted by molar-refractivity contribution is 7.13. The molecule has 7 heteroatoms. The number of nitrogens with zero attached hydrogens (tertiary/aromatic N) is 1. The van der Waals surface area contributed by atoms with Gasteiger partial charge in [0.25, 0.3) is 0 Å². The van der Waals surface area contributed by atoms with E-state index in [9.17, 15) is 14.7 Å². The van der Waals surface area contributed by atoms with Crippen LogP contribution in [0.2, 0.25) is 0 Å². The van der Waals surface area contributed by atoms with Crippen LogP contribution in [0.1, 0.15) is 25.9 Å². The predicted octanol–water partition coefficient (Wildman–Crippen LogP) is 0.683. The zero-order valence-electron chi connectivity index (χ0n) is 12.2. The number of nitrogens with one attached hydrogen (secondary N) is 1. The van der Waals surface area contributed by atoms with Crippen molar-refractivity contribution < 1.29 is 19.4 Å². The first-order valence-electron chi connectivity index (χ1n) is 6.57. The highest BCUT2D eigenvalue weighted by atomic mass is 32.1. The smallest absolute Gasteiger partial charge is 0.227 e. The number of carboxylic acid groups (broad SMARTS) is 1. The van der Waals surface area contributed by atoms with Crippen molar-refractivity contribution in [3.63, 3.8) is 0 Å². The summed E-state index contributed by atoms with van der Waals surface area (Å²) in [6.07, 6.45) is 0.0357. The first-order chi connectivity index (χ1) is 10.5. The van der Waals surface area contributed by atoms with Crippen LogP contribution in [0.15, 0.2) is 24.3 Å². The minimum atomic E-state index is -1.27. The molecule has 0 aliphatic carbocycles. The topological polar surface area (TPSA) is 91.3 Å². The summed E-state index contributed by atoms with van der Waals surface area (Å²) in [7, 11) is 1.57. The second-order valence-electron chi connectivity index (χ2n) is 4.57. The number of hydrogen-bond donors (Lipinski definition) is 1. The van der Waals surface area contributed by atoms with Crippen molar-refractivity contribution in [3.05, 3.63) is 45.4 Å². The number of ether oxygens (including phenoxy) is 1. The maximum absolute atomic E-state index is 11.9. The van der Waals surface area contributed by atoms with Gasteiger partial charge in [0.15, 0.2) is 0 Å². The number of amides is 1. The zero-order valence-corrected chi connectivity index (χ0v) is 13.0. The standard InChI is InChI=1S/C15H16N2O4S/c1-9-14(15(19)20)22-13(17-9)7-12(18)16-8-10-5-3-4-6-11(10)21-2/h3-6H,7-8H2,1-2H3,(H,16,18)(H,19,20)/p-1. The molecule has 0 saturated carbocycles. The third-order valence-corrected chi connectivity index (χ3v) is 4.14. The molecular formula is C15H15N2O4S-. The lowest BCUT2D eigenvalue weighted by Gasteiger charge is -2.08. The van der Waals surface area contributed by atoms with E-state index in [1.165, 1.54) is 0 Å². The highest BCUT2D eigenvalue weighted by Crippen LogP contribution is 2.18. The van der Waals surface area contributed by atoms with E-state index in [1.54, 1.807) is 14.0 Å². The van der Waals surface area contributed by atoms with Crippen LogP contribution in [0.3, 0.4) is 0 Å². The van der Waals surface area contributed by atoms with Crippen molar-refractivity contribution in [1.82, 2.24) is 10.3 Å². The van der Waals surface area contributed by atoms with E-state index in [1.807, 2.05) is 24.3 Å². The van der Waals surface area contributed by atoms with Crippen LogP contribution in [0.5, 0.6) is 5.75 Å². The molecule has 2 rings (SSSR count). The lowest BCUT2D eigenvalue weighted by Crippen LogP contribution is -2.24.